The molecule has 1 aliphatic carbocycles. The second kappa shape index (κ2) is 8.71. The Bertz CT molecular complexity index is 1250. The van der Waals surface area contributed by atoms with Crippen LogP contribution in [0, 0.1) is 0 Å². The van der Waals surface area contributed by atoms with Crippen molar-refractivity contribution in [2.75, 3.05) is 0 Å². The van der Waals surface area contributed by atoms with E-state index in [4.69, 9.17) is 11.6 Å². The Morgan fingerprint density at radius 2 is 1.78 bits per heavy atom. The Hall–Kier alpha value is -2.64. The fourth-order valence-corrected chi connectivity index (χ4v) is 5.29. The summed E-state index contributed by atoms with van der Waals surface area (Å²) in [5.74, 6) is -0.0774. The molecule has 0 atom stereocenters. The number of Topliss-reactive ketones (excluding diaryl/α,β-unsaturated/α-hetero) is 1. The molecule has 0 amide bonds. The molecule has 2 aromatic heterocycles. The van der Waals surface area contributed by atoms with Crippen LogP contribution in [0.1, 0.15) is 43.6 Å². The predicted molar refractivity (Wildman–Crippen MR) is 124 cm³/mol. The van der Waals surface area contributed by atoms with Gasteiger partial charge in [0.25, 0.3) is 0 Å². The molecular formula is C24H24ClN3O3S. The number of ketones is 1. The highest BCUT2D eigenvalue weighted by Gasteiger charge is 2.36. The fourth-order valence-electron chi connectivity index (χ4n) is 3.48. The zero-order valence-electron chi connectivity index (χ0n) is 18.0. The van der Waals surface area contributed by atoms with Crippen LogP contribution < -0.4 is 0 Å². The molecule has 4 rings (SSSR count). The summed E-state index contributed by atoms with van der Waals surface area (Å²) < 4.78 is 24.6. The molecule has 0 aliphatic heterocycles. The lowest BCUT2D eigenvalue weighted by Crippen LogP contribution is -2.32. The molecule has 1 fully saturated rings. The standard InChI is InChI=1S/C24H24ClN3O3S/c1-24(2,21-5-3-4-18(27-21)15-32(30,31)19-10-11-19)22(29)12-16-6-8-17(9-7-16)20-13-26-14-23(25)28-20/h3-9,13-14,19H,10-12,15H2,1-2H3. The number of halogens is 1. The molecule has 1 aliphatic rings. The van der Waals surface area contributed by atoms with Crippen molar-refractivity contribution in [3.8, 4) is 11.3 Å². The molecule has 0 radical (unpaired) electrons. The molecule has 3 aromatic rings. The third-order valence-corrected chi connectivity index (χ3v) is 8.11. The molecule has 8 heteroatoms. The highest BCUT2D eigenvalue weighted by molar-refractivity contribution is 7.91. The molecule has 0 N–H and O–H groups in total. The molecule has 2 heterocycles. The van der Waals surface area contributed by atoms with Gasteiger partial charge in [0.1, 0.15) is 10.9 Å². The molecule has 0 saturated heterocycles. The second-order valence-corrected chi connectivity index (χ2v) is 11.3. The summed E-state index contributed by atoms with van der Waals surface area (Å²) in [4.78, 5) is 26.0. The van der Waals surface area contributed by atoms with Gasteiger partial charge >= 0.3 is 0 Å². The highest BCUT2D eigenvalue weighted by atomic mass is 35.5. The molecule has 32 heavy (non-hydrogen) atoms. The van der Waals surface area contributed by atoms with Crippen molar-refractivity contribution >= 4 is 27.2 Å². The number of carbonyl (C=O) groups is 1. The molecule has 0 spiro atoms. The van der Waals surface area contributed by atoms with Crippen molar-refractivity contribution in [1.82, 2.24) is 15.0 Å². The molecule has 0 bridgehead atoms. The Kier molecular flexibility index (Phi) is 6.14. The highest BCUT2D eigenvalue weighted by Crippen LogP contribution is 2.31. The number of benzene rings is 1. The molecule has 0 unspecified atom stereocenters. The minimum atomic E-state index is -3.17. The molecule has 166 valence electrons. The number of carbonyl (C=O) groups excluding carboxylic acids is 1. The Morgan fingerprint density at radius 3 is 2.44 bits per heavy atom. The van der Waals surface area contributed by atoms with Crippen LogP contribution in [0.3, 0.4) is 0 Å². The van der Waals surface area contributed by atoms with Gasteiger partial charge < -0.3 is 0 Å². The van der Waals surface area contributed by atoms with Crippen LogP contribution in [0.2, 0.25) is 5.15 Å². The first kappa shape index (κ1) is 22.6. The fraction of sp³-hybridized carbons (Fsp3) is 0.333. The summed E-state index contributed by atoms with van der Waals surface area (Å²) in [6.45, 7) is 3.65. The summed E-state index contributed by atoms with van der Waals surface area (Å²) in [6.07, 6.45) is 4.81. The van der Waals surface area contributed by atoms with E-state index < -0.39 is 15.3 Å². The molecule has 1 saturated carbocycles. The predicted octanol–water partition coefficient (Wildman–Crippen LogP) is 4.36. The van der Waals surface area contributed by atoms with Crippen LogP contribution in [-0.2, 0) is 32.2 Å². The van der Waals surface area contributed by atoms with E-state index in [0.29, 0.717) is 22.2 Å². The first-order valence-electron chi connectivity index (χ1n) is 10.4. The lowest BCUT2D eigenvalue weighted by atomic mass is 9.81. The van der Waals surface area contributed by atoms with Gasteiger partial charge in [0.2, 0.25) is 0 Å². The molecule has 6 nitrogen and oxygen atoms in total. The number of rotatable bonds is 8. The van der Waals surface area contributed by atoms with Crippen LogP contribution in [0.5, 0.6) is 0 Å². The second-order valence-electron chi connectivity index (χ2n) is 8.67. The number of pyridine rings is 1. The van der Waals surface area contributed by atoms with Crippen LogP contribution in [0.25, 0.3) is 11.3 Å². The lowest BCUT2D eigenvalue weighted by Gasteiger charge is -2.23. The first-order chi connectivity index (χ1) is 15.1. The number of hydrogen-bond acceptors (Lipinski definition) is 6. The smallest absolute Gasteiger partial charge is 0.158 e. The Morgan fingerprint density at radius 1 is 1.06 bits per heavy atom. The van der Waals surface area contributed by atoms with Gasteiger partial charge in [-0.2, -0.15) is 0 Å². The summed E-state index contributed by atoms with van der Waals surface area (Å²) >= 11 is 5.91. The van der Waals surface area contributed by atoms with Gasteiger partial charge in [-0.1, -0.05) is 41.9 Å². The third kappa shape index (κ3) is 5.05. The minimum absolute atomic E-state index is 0.00231. The summed E-state index contributed by atoms with van der Waals surface area (Å²) in [6, 6.07) is 12.8. The zero-order valence-corrected chi connectivity index (χ0v) is 19.5. The minimum Gasteiger partial charge on any atom is -0.298 e. The van der Waals surface area contributed by atoms with Gasteiger partial charge in [-0.15, -0.1) is 0 Å². The van der Waals surface area contributed by atoms with E-state index in [1.54, 1.807) is 24.4 Å². The quantitative estimate of drug-likeness (QED) is 0.487. The lowest BCUT2D eigenvalue weighted by molar-refractivity contribution is -0.122. The van der Waals surface area contributed by atoms with Crippen molar-refractivity contribution in [1.29, 1.82) is 0 Å². The van der Waals surface area contributed by atoms with Gasteiger partial charge in [-0.3, -0.25) is 14.8 Å². The Labute approximate surface area is 193 Å². The maximum absolute atomic E-state index is 13.2. The average Bonchev–Trinajstić information content (AvgIpc) is 3.60. The SMILES string of the molecule is CC(C)(C(=O)Cc1ccc(-c2cncc(Cl)n2)cc1)c1cccc(CS(=O)(=O)C2CC2)n1. The number of aromatic nitrogens is 3. The zero-order chi connectivity index (χ0) is 22.9. The monoisotopic (exact) mass is 469 g/mol. The average molecular weight is 470 g/mol. The van der Waals surface area contributed by atoms with Gasteiger partial charge in [-0.25, -0.2) is 13.4 Å². The molecular weight excluding hydrogens is 446 g/mol. The van der Waals surface area contributed by atoms with E-state index in [2.05, 4.69) is 15.0 Å². The van der Waals surface area contributed by atoms with E-state index in [0.717, 1.165) is 24.0 Å². The normalized spacial score (nSPS) is 14.3. The van der Waals surface area contributed by atoms with E-state index in [-0.39, 0.29) is 23.2 Å². The van der Waals surface area contributed by atoms with E-state index in [1.165, 1.54) is 6.20 Å². The van der Waals surface area contributed by atoms with Crippen molar-refractivity contribution in [2.24, 2.45) is 0 Å². The van der Waals surface area contributed by atoms with Crippen molar-refractivity contribution in [2.45, 2.75) is 49.5 Å². The van der Waals surface area contributed by atoms with Gasteiger partial charge in [-0.05, 0) is 44.4 Å². The third-order valence-electron chi connectivity index (χ3n) is 5.75. The maximum atomic E-state index is 13.2. The van der Waals surface area contributed by atoms with E-state index in [1.807, 2.05) is 38.1 Å². The van der Waals surface area contributed by atoms with Crippen LogP contribution in [-0.4, -0.2) is 34.4 Å². The van der Waals surface area contributed by atoms with E-state index in [9.17, 15) is 13.2 Å². The van der Waals surface area contributed by atoms with Crippen molar-refractivity contribution in [3.05, 3.63) is 77.0 Å². The van der Waals surface area contributed by atoms with Crippen molar-refractivity contribution < 1.29 is 13.2 Å². The van der Waals surface area contributed by atoms with E-state index >= 15 is 0 Å². The number of hydrogen-bond donors (Lipinski definition) is 0. The summed E-state index contributed by atoms with van der Waals surface area (Å²) in [5.41, 5.74) is 2.61. The number of nitrogens with zero attached hydrogens (tertiary/aromatic N) is 3. The topological polar surface area (TPSA) is 89.9 Å². The molecule has 1 aromatic carbocycles. The van der Waals surface area contributed by atoms with Gasteiger partial charge in [0, 0.05) is 12.0 Å². The van der Waals surface area contributed by atoms with Crippen molar-refractivity contribution in [3.63, 3.8) is 0 Å². The maximum Gasteiger partial charge on any atom is 0.158 e. The first-order valence-corrected chi connectivity index (χ1v) is 12.5. The van der Waals surface area contributed by atoms with Gasteiger partial charge in [0.05, 0.1) is 45.9 Å². The van der Waals surface area contributed by atoms with Crippen LogP contribution in [0.15, 0.2) is 54.9 Å². The van der Waals surface area contributed by atoms with Crippen LogP contribution in [0.4, 0.5) is 0 Å². The van der Waals surface area contributed by atoms with Gasteiger partial charge in [0.15, 0.2) is 9.84 Å². The van der Waals surface area contributed by atoms with Crippen LogP contribution >= 0.6 is 11.6 Å². The Balaban J connectivity index is 1.48. The summed E-state index contributed by atoms with van der Waals surface area (Å²) in [7, 11) is -3.17. The largest absolute Gasteiger partial charge is 0.298 e. The number of sulfone groups is 1. The summed E-state index contributed by atoms with van der Waals surface area (Å²) in [5, 5.41) is 0.0895.